The zero-order valence-corrected chi connectivity index (χ0v) is 11.7. The third-order valence-electron chi connectivity index (χ3n) is 3.84. The minimum atomic E-state index is -0.358. The van der Waals surface area contributed by atoms with Crippen LogP contribution in [-0.2, 0) is 4.74 Å². The van der Waals surface area contributed by atoms with Crippen molar-refractivity contribution in [3.8, 4) is 11.5 Å². The van der Waals surface area contributed by atoms with Gasteiger partial charge < -0.3 is 19.1 Å². The Morgan fingerprint density at radius 2 is 1.67 bits per heavy atom. The summed E-state index contributed by atoms with van der Waals surface area (Å²) < 4.78 is 17.4. The first-order valence-corrected chi connectivity index (χ1v) is 7.26. The van der Waals surface area contributed by atoms with Crippen LogP contribution in [0.15, 0.2) is 48.5 Å². The quantitative estimate of drug-likeness (QED) is 0.848. The average molecular weight is 283 g/mol. The molecule has 2 aromatic carbocycles. The third kappa shape index (κ3) is 2.32. The van der Waals surface area contributed by atoms with Gasteiger partial charge in [0.15, 0.2) is 11.5 Å². The molecular formula is C17H17NO3. The highest BCUT2D eigenvalue weighted by Crippen LogP contribution is 2.46. The highest BCUT2D eigenvalue weighted by Gasteiger charge is 2.30. The second kappa shape index (κ2) is 5.30. The zero-order chi connectivity index (χ0) is 14.1. The second-order valence-corrected chi connectivity index (χ2v) is 5.18. The van der Waals surface area contributed by atoms with E-state index in [4.69, 9.17) is 14.2 Å². The SMILES string of the molecule is c1ccc(C2Oc3cccc(N4CCOCC4)c3O2)cc1. The molecule has 0 amide bonds. The normalized spacial score (nSPS) is 20.6. The van der Waals surface area contributed by atoms with Crippen LogP contribution in [0.25, 0.3) is 0 Å². The van der Waals surface area contributed by atoms with Crippen LogP contribution in [0.4, 0.5) is 5.69 Å². The van der Waals surface area contributed by atoms with Crippen molar-refractivity contribution in [2.45, 2.75) is 6.29 Å². The summed E-state index contributed by atoms with van der Waals surface area (Å²) in [5.41, 5.74) is 2.12. The van der Waals surface area contributed by atoms with Gasteiger partial charge in [0.1, 0.15) is 0 Å². The first kappa shape index (κ1) is 12.5. The lowest BCUT2D eigenvalue weighted by Crippen LogP contribution is -2.36. The largest absolute Gasteiger partial charge is 0.447 e. The maximum Gasteiger partial charge on any atom is 0.268 e. The molecule has 2 heterocycles. The highest BCUT2D eigenvalue weighted by molar-refractivity contribution is 5.66. The van der Waals surface area contributed by atoms with E-state index in [-0.39, 0.29) is 6.29 Å². The molecule has 0 aliphatic carbocycles. The molecule has 0 aromatic heterocycles. The second-order valence-electron chi connectivity index (χ2n) is 5.18. The molecule has 2 aromatic rings. The zero-order valence-electron chi connectivity index (χ0n) is 11.7. The van der Waals surface area contributed by atoms with Crippen molar-refractivity contribution in [3.63, 3.8) is 0 Å². The van der Waals surface area contributed by atoms with Gasteiger partial charge >= 0.3 is 0 Å². The van der Waals surface area contributed by atoms with Crippen LogP contribution in [0.2, 0.25) is 0 Å². The summed E-state index contributed by atoms with van der Waals surface area (Å²) in [7, 11) is 0. The topological polar surface area (TPSA) is 30.9 Å². The van der Waals surface area contributed by atoms with Crippen molar-refractivity contribution in [2.75, 3.05) is 31.2 Å². The molecule has 2 aliphatic rings. The van der Waals surface area contributed by atoms with Gasteiger partial charge in [-0.1, -0.05) is 36.4 Å². The Kier molecular flexibility index (Phi) is 3.16. The Balaban J connectivity index is 1.63. The number of benzene rings is 2. The smallest absolute Gasteiger partial charge is 0.268 e. The van der Waals surface area contributed by atoms with Gasteiger partial charge in [-0.25, -0.2) is 0 Å². The molecule has 2 aliphatic heterocycles. The van der Waals surface area contributed by atoms with Crippen molar-refractivity contribution in [2.24, 2.45) is 0 Å². The van der Waals surface area contributed by atoms with Gasteiger partial charge in [-0.2, -0.15) is 0 Å². The summed E-state index contributed by atoms with van der Waals surface area (Å²) in [4.78, 5) is 2.29. The molecule has 4 heteroatoms. The van der Waals surface area contributed by atoms with Gasteiger partial charge in [0, 0.05) is 18.7 Å². The van der Waals surface area contributed by atoms with Gasteiger partial charge in [0.25, 0.3) is 6.29 Å². The predicted molar refractivity (Wildman–Crippen MR) is 79.9 cm³/mol. The van der Waals surface area contributed by atoms with E-state index < -0.39 is 0 Å². The first-order chi connectivity index (χ1) is 10.4. The van der Waals surface area contributed by atoms with Crippen LogP contribution >= 0.6 is 0 Å². The number of fused-ring (bicyclic) bond motifs is 1. The number of hydrogen-bond donors (Lipinski definition) is 0. The van der Waals surface area contributed by atoms with Crippen molar-refractivity contribution >= 4 is 5.69 Å². The Labute approximate surface area is 123 Å². The molecule has 0 N–H and O–H groups in total. The minimum Gasteiger partial charge on any atom is -0.447 e. The van der Waals surface area contributed by atoms with Gasteiger partial charge in [0.2, 0.25) is 0 Å². The summed E-state index contributed by atoms with van der Waals surface area (Å²) in [5, 5.41) is 0. The van der Waals surface area contributed by atoms with E-state index in [2.05, 4.69) is 11.0 Å². The molecule has 1 fully saturated rings. The highest BCUT2D eigenvalue weighted by atomic mass is 16.7. The number of ether oxygens (including phenoxy) is 3. The van der Waals surface area contributed by atoms with Crippen LogP contribution in [0.1, 0.15) is 11.9 Å². The summed E-state index contributed by atoms with van der Waals surface area (Å²) >= 11 is 0. The van der Waals surface area contributed by atoms with E-state index in [0.29, 0.717) is 0 Å². The number of nitrogens with zero attached hydrogens (tertiary/aromatic N) is 1. The molecule has 0 saturated carbocycles. The molecule has 4 rings (SSSR count). The van der Waals surface area contributed by atoms with E-state index in [1.54, 1.807) is 0 Å². The van der Waals surface area contributed by atoms with E-state index in [9.17, 15) is 0 Å². The number of rotatable bonds is 2. The fourth-order valence-corrected chi connectivity index (χ4v) is 2.76. The summed E-state index contributed by atoms with van der Waals surface area (Å²) in [6.07, 6.45) is -0.358. The van der Waals surface area contributed by atoms with Crippen LogP contribution < -0.4 is 14.4 Å². The molecule has 1 saturated heterocycles. The number of anilines is 1. The lowest BCUT2D eigenvalue weighted by molar-refractivity contribution is 0.0487. The van der Waals surface area contributed by atoms with E-state index >= 15 is 0 Å². The van der Waals surface area contributed by atoms with Crippen LogP contribution in [0.3, 0.4) is 0 Å². The van der Waals surface area contributed by atoms with Gasteiger partial charge in [-0.15, -0.1) is 0 Å². The fourth-order valence-electron chi connectivity index (χ4n) is 2.76. The molecule has 0 radical (unpaired) electrons. The molecule has 4 nitrogen and oxygen atoms in total. The summed E-state index contributed by atoms with van der Waals surface area (Å²) in [5.74, 6) is 1.65. The van der Waals surface area contributed by atoms with E-state index in [1.807, 2.05) is 42.5 Å². The number of hydrogen-bond acceptors (Lipinski definition) is 4. The molecule has 21 heavy (non-hydrogen) atoms. The van der Waals surface area contributed by atoms with E-state index in [1.165, 1.54) is 0 Å². The minimum absolute atomic E-state index is 0.358. The number of morpholine rings is 1. The van der Waals surface area contributed by atoms with Crippen LogP contribution in [0.5, 0.6) is 11.5 Å². The fraction of sp³-hybridized carbons (Fsp3) is 0.294. The molecular weight excluding hydrogens is 266 g/mol. The van der Waals surface area contributed by atoms with Crippen molar-refractivity contribution in [1.82, 2.24) is 0 Å². The molecule has 1 atom stereocenters. The van der Waals surface area contributed by atoms with Crippen LogP contribution in [0, 0.1) is 0 Å². The molecule has 0 spiro atoms. The lowest BCUT2D eigenvalue weighted by atomic mass is 10.2. The Bertz CT molecular complexity index is 623. The van der Waals surface area contributed by atoms with Crippen LogP contribution in [-0.4, -0.2) is 26.3 Å². The predicted octanol–water partition coefficient (Wildman–Crippen LogP) is 2.99. The van der Waals surface area contributed by atoms with Gasteiger partial charge in [-0.3, -0.25) is 0 Å². The number of para-hydroxylation sites is 1. The van der Waals surface area contributed by atoms with Crippen molar-refractivity contribution < 1.29 is 14.2 Å². The summed E-state index contributed by atoms with van der Waals surface area (Å²) in [6, 6.07) is 16.1. The van der Waals surface area contributed by atoms with Gasteiger partial charge in [-0.05, 0) is 12.1 Å². The average Bonchev–Trinajstić information content (AvgIpc) is 3.00. The van der Waals surface area contributed by atoms with E-state index in [0.717, 1.165) is 49.1 Å². The summed E-state index contributed by atoms with van der Waals surface area (Å²) in [6.45, 7) is 3.28. The van der Waals surface area contributed by atoms with Crippen molar-refractivity contribution in [1.29, 1.82) is 0 Å². The maximum absolute atomic E-state index is 6.07. The molecule has 108 valence electrons. The van der Waals surface area contributed by atoms with Crippen molar-refractivity contribution in [3.05, 3.63) is 54.1 Å². The first-order valence-electron chi connectivity index (χ1n) is 7.26. The maximum atomic E-state index is 6.07. The lowest BCUT2D eigenvalue weighted by Gasteiger charge is -2.29. The Hall–Kier alpha value is -2.20. The Morgan fingerprint density at radius 3 is 2.48 bits per heavy atom. The molecule has 0 bridgehead atoms. The monoisotopic (exact) mass is 283 g/mol. The standard InChI is InChI=1S/C17H17NO3/c1-2-5-13(6-3-1)17-20-15-8-4-7-14(16(15)21-17)18-9-11-19-12-10-18/h1-8,17H,9-12H2. The Morgan fingerprint density at radius 1 is 0.857 bits per heavy atom. The molecule has 1 unspecified atom stereocenters. The van der Waals surface area contributed by atoms with Gasteiger partial charge in [0.05, 0.1) is 18.9 Å². The third-order valence-corrected chi connectivity index (χ3v) is 3.84.